The molecule has 0 saturated heterocycles. The molecule has 0 unspecified atom stereocenters. The van der Waals surface area contributed by atoms with E-state index in [9.17, 15) is 0 Å². The molecule has 0 amide bonds. The van der Waals surface area contributed by atoms with Crippen LogP contribution in [-0.2, 0) is 0 Å². The highest BCUT2D eigenvalue weighted by molar-refractivity contribution is 5.81. The number of nitrogens with zero attached hydrogens (tertiary/aromatic N) is 2. The van der Waals surface area contributed by atoms with Gasteiger partial charge < -0.3 is 4.74 Å². The molecular weight excluding hydrogens is 286 g/mol. The number of hydrogen-bond donors (Lipinski definition) is 1. The van der Waals surface area contributed by atoms with Gasteiger partial charge in [-0.2, -0.15) is 5.10 Å². The van der Waals surface area contributed by atoms with E-state index in [-0.39, 0.29) is 0 Å². The molecular formula is C19H19N3O. The van der Waals surface area contributed by atoms with Gasteiger partial charge in [-0.3, -0.25) is 5.43 Å². The van der Waals surface area contributed by atoms with Gasteiger partial charge in [-0.05, 0) is 54.4 Å². The molecule has 2 aromatic carbocycles. The van der Waals surface area contributed by atoms with Crippen LogP contribution in [0.4, 0.5) is 5.82 Å². The zero-order valence-corrected chi connectivity index (χ0v) is 13.1. The summed E-state index contributed by atoms with van der Waals surface area (Å²) < 4.78 is 5.55. The van der Waals surface area contributed by atoms with Gasteiger partial charge in [0.05, 0.1) is 18.3 Å². The quantitative estimate of drug-likeness (QED) is 0.540. The molecule has 0 aliphatic carbocycles. The molecule has 3 aromatic rings. The molecule has 0 spiro atoms. The lowest BCUT2D eigenvalue weighted by atomic mass is 10.2. The normalized spacial score (nSPS) is 11.0. The molecule has 0 bridgehead atoms. The van der Waals surface area contributed by atoms with Crippen molar-refractivity contribution in [2.75, 3.05) is 12.0 Å². The molecule has 0 aliphatic heterocycles. The van der Waals surface area contributed by atoms with Crippen molar-refractivity contribution in [1.82, 2.24) is 4.98 Å². The molecule has 0 aliphatic rings. The Morgan fingerprint density at radius 1 is 1.04 bits per heavy atom. The van der Waals surface area contributed by atoms with Crippen LogP contribution in [0.2, 0.25) is 0 Å². The summed E-state index contributed by atoms with van der Waals surface area (Å²) in [5.41, 5.74) is 4.91. The van der Waals surface area contributed by atoms with E-state index >= 15 is 0 Å². The minimum absolute atomic E-state index is 0.725. The predicted molar refractivity (Wildman–Crippen MR) is 95.2 cm³/mol. The minimum atomic E-state index is 0.725. The zero-order valence-electron chi connectivity index (χ0n) is 13.1. The average molecular weight is 305 g/mol. The third-order valence-electron chi connectivity index (χ3n) is 3.34. The Morgan fingerprint density at radius 3 is 2.70 bits per heavy atom. The summed E-state index contributed by atoms with van der Waals surface area (Å²) in [5.74, 6) is 1.61. The number of hydrogen-bond acceptors (Lipinski definition) is 4. The number of ether oxygens (including phenoxy) is 1. The lowest BCUT2D eigenvalue weighted by Crippen LogP contribution is -1.95. The zero-order chi connectivity index (χ0) is 15.9. The lowest BCUT2D eigenvalue weighted by molar-refractivity contribution is 0.317. The van der Waals surface area contributed by atoms with Crippen LogP contribution >= 0.6 is 0 Å². The first kappa shape index (κ1) is 15.0. The Labute approximate surface area is 135 Å². The predicted octanol–water partition coefficient (Wildman–Crippen LogP) is 4.47. The van der Waals surface area contributed by atoms with E-state index in [4.69, 9.17) is 4.74 Å². The molecule has 1 heterocycles. The number of benzene rings is 2. The second kappa shape index (κ2) is 7.40. The van der Waals surface area contributed by atoms with Crippen molar-refractivity contribution in [3.05, 3.63) is 66.2 Å². The summed E-state index contributed by atoms with van der Waals surface area (Å²) in [6.45, 7) is 2.83. The maximum absolute atomic E-state index is 5.55. The van der Waals surface area contributed by atoms with Crippen molar-refractivity contribution in [3.63, 3.8) is 0 Å². The number of para-hydroxylation sites is 1. The molecule has 0 fully saturated rings. The number of aromatic nitrogens is 1. The van der Waals surface area contributed by atoms with Crippen molar-refractivity contribution in [2.24, 2.45) is 5.10 Å². The molecule has 3 rings (SSSR count). The highest BCUT2D eigenvalue weighted by Gasteiger charge is 1.96. The number of pyridine rings is 1. The first-order valence-electron chi connectivity index (χ1n) is 7.73. The molecule has 0 radical (unpaired) electrons. The average Bonchev–Trinajstić information content (AvgIpc) is 2.61. The van der Waals surface area contributed by atoms with Crippen LogP contribution < -0.4 is 10.2 Å². The molecule has 116 valence electrons. The monoisotopic (exact) mass is 305 g/mol. The van der Waals surface area contributed by atoms with Gasteiger partial charge in [0.25, 0.3) is 0 Å². The summed E-state index contributed by atoms with van der Waals surface area (Å²) in [5, 5.41) is 5.35. The van der Waals surface area contributed by atoms with E-state index in [1.54, 1.807) is 6.21 Å². The highest BCUT2D eigenvalue weighted by atomic mass is 16.5. The highest BCUT2D eigenvalue weighted by Crippen LogP contribution is 2.14. The van der Waals surface area contributed by atoms with Gasteiger partial charge in [0.15, 0.2) is 0 Å². The standard InChI is InChI=1S/C19H19N3O/c1-2-13-23-17-10-7-15(8-11-17)14-20-22-19-12-9-16-5-3-4-6-18(16)21-19/h3-12,14H,2,13H2,1H3,(H,21,22)/b20-14+. The van der Waals surface area contributed by atoms with Gasteiger partial charge in [-0.1, -0.05) is 25.1 Å². The summed E-state index contributed by atoms with van der Waals surface area (Å²) >= 11 is 0. The number of hydrazone groups is 1. The van der Waals surface area contributed by atoms with Gasteiger partial charge >= 0.3 is 0 Å². The van der Waals surface area contributed by atoms with Crippen LogP contribution in [0.1, 0.15) is 18.9 Å². The van der Waals surface area contributed by atoms with Gasteiger partial charge in [-0.15, -0.1) is 0 Å². The summed E-state index contributed by atoms with van der Waals surface area (Å²) in [4.78, 5) is 4.51. The van der Waals surface area contributed by atoms with E-state index in [0.717, 1.165) is 41.1 Å². The maximum Gasteiger partial charge on any atom is 0.146 e. The van der Waals surface area contributed by atoms with Crippen molar-refractivity contribution in [2.45, 2.75) is 13.3 Å². The third-order valence-corrected chi connectivity index (χ3v) is 3.34. The Kier molecular flexibility index (Phi) is 4.84. The second-order valence-corrected chi connectivity index (χ2v) is 5.18. The van der Waals surface area contributed by atoms with Gasteiger partial charge in [0, 0.05) is 5.39 Å². The van der Waals surface area contributed by atoms with Crippen LogP contribution in [0.25, 0.3) is 10.9 Å². The molecule has 4 heteroatoms. The van der Waals surface area contributed by atoms with Crippen LogP contribution in [0, 0.1) is 0 Å². The molecule has 0 atom stereocenters. The molecule has 1 N–H and O–H groups in total. The molecule has 23 heavy (non-hydrogen) atoms. The Morgan fingerprint density at radius 2 is 1.87 bits per heavy atom. The molecule has 1 aromatic heterocycles. The Hall–Kier alpha value is -2.88. The van der Waals surface area contributed by atoms with Gasteiger partial charge in [-0.25, -0.2) is 4.98 Å². The smallest absolute Gasteiger partial charge is 0.146 e. The summed E-state index contributed by atoms with van der Waals surface area (Å²) in [7, 11) is 0. The number of anilines is 1. The fourth-order valence-corrected chi connectivity index (χ4v) is 2.17. The third kappa shape index (κ3) is 4.07. The number of fused-ring (bicyclic) bond motifs is 1. The van der Waals surface area contributed by atoms with Crippen molar-refractivity contribution in [1.29, 1.82) is 0 Å². The first-order valence-corrected chi connectivity index (χ1v) is 7.73. The van der Waals surface area contributed by atoms with Crippen LogP contribution in [0.3, 0.4) is 0 Å². The van der Waals surface area contributed by atoms with Crippen molar-refractivity contribution < 1.29 is 4.74 Å². The fraction of sp³-hybridized carbons (Fsp3) is 0.158. The molecule has 0 saturated carbocycles. The van der Waals surface area contributed by atoms with Crippen LogP contribution in [0.15, 0.2) is 65.8 Å². The topological polar surface area (TPSA) is 46.5 Å². The van der Waals surface area contributed by atoms with Crippen LogP contribution in [0.5, 0.6) is 5.75 Å². The van der Waals surface area contributed by atoms with Gasteiger partial charge in [0.1, 0.15) is 11.6 Å². The van der Waals surface area contributed by atoms with Crippen LogP contribution in [-0.4, -0.2) is 17.8 Å². The lowest BCUT2D eigenvalue weighted by Gasteiger charge is -2.04. The Bertz CT molecular complexity index is 797. The number of nitrogens with one attached hydrogen (secondary N) is 1. The number of rotatable bonds is 6. The van der Waals surface area contributed by atoms with E-state index in [1.807, 2.05) is 60.7 Å². The van der Waals surface area contributed by atoms with Crippen molar-refractivity contribution in [3.8, 4) is 5.75 Å². The SMILES string of the molecule is CCCOc1ccc(/C=N/Nc2ccc3ccccc3n2)cc1. The first-order chi connectivity index (χ1) is 11.3. The Balaban J connectivity index is 1.63. The van der Waals surface area contributed by atoms with E-state index in [0.29, 0.717) is 0 Å². The van der Waals surface area contributed by atoms with E-state index in [1.165, 1.54) is 0 Å². The fourth-order valence-electron chi connectivity index (χ4n) is 2.17. The summed E-state index contributed by atoms with van der Waals surface area (Å²) in [6, 6.07) is 19.8. The van der Waals surface area contributed by atoms with E-state index in [2.05, 4.69) is 22.4 Å². The largest absolute Gasteiger partial charge is 0.494 e. The van der Waals surface area contributed by atoms with Crippen molar-refractivity contribution >= 4 is 22.9 Å². The second-order valence-electron chi connectivity index (χ2n) is 5.18. The van der Waals surface area contributed by atoms with Gasteiger partial charge in [0.2, 0.25) is 0 Å². The minimum Gasteiger partial charge on any atom is -0.494 e. The summed E-state index contributed by atoms with van der Waals surface area (Å²) in [6.07, 6.45) is 2.77. The van der Waals surface area contributed by atoms with E-state index < -0.39 is 0 Å². The maximum atomic E-state index is 5.55. The molecule has 4 nitrogen and oxygen atoms in total.